The minimum atomic E-state index is -0.842. The molecule has 2 unspecified atom stereocenters. The van der Waals surface area contributed by atoms with Gasteiger partial charge in [-0.3, -0.25) is 4.99 Å². The first-order valence-electron chi connectivity index (χ1n) is 9.36. The van der Waals surface area contributed by atoms with Gasteiger partial charge in [0.05, 0.1) is 6.04 Å². The third kappa shape index (κ3) is 4.61. The summed E-state index contributed by atoms with van der Waals surface area (Å²) in [6, 6.07) is 3.75. The van der Waals surface area contributed by atoms with Crippen molar-refractivity contribution in [1.29, 1.82) is 0 Å². The van der Waals surface area contributed by atoms with Gasteiger partial charge in [0.15, 0.2) is 17.6 Å². The second-order valence-electron chi connectivity index (χ2n) is 6.94. The van der Waals surface area contributed by atoms with Crippen LogP contribution in [0.4, 0.5) is 8.78 Å². The highest BCUT2D eigenvalue weighted by Crippen LogP contribution is 2.20. The third-order valence-corrected chi connectivity index (χ3v) is 4.88. The number of nitrogens with one attached hydrogen (secondary N) is 2. The lowest BCUT2D eigenvalue weighted by molar-refractivity contribution is 0.369. The van der Waals surface area contributed by atoms with Crippen LogP contribution in [0.2, 0.25) is 0 Å². The Morgan fingerprint density at radius 2 is 2.15 bits per heavy atom. The number of rotatable bonds is 5. The van der Waals surface area contributed by atoms with Gasteiger partial charge >= 0.3 is 0 Å². The molecule has 0 aliphatic carbocycles. The molecule has 0 amide bonds. The molecule has 2 heterocycles. The van der Waals surface area contributed by atoms with Gasteiger partial charge in [0.25, 0.3) is 0 Å². The Bertz CT molecular complexity index is 817. The zero-order chi connectivity index (χ0) is 19.4. The molecule has 6 nitrogen and oxygen atoms in total. The summed E-state index contributed by atoms with van der Waals surface area (Å²) in [5, 5.41) is 14.8. The van der Waals surface area contributed by atoms with Gasteiger partial charge in [-0.05, 0) is 50.8 Å². The molecular formula is C19H26F2N6. The minimum absolute atomic E-state index is 0.198. The maximum absolute atomic E-state index is 13.5. The molecule has 0 saturated carbocycles. The predicted octanol–water partition coefficient (Wildman–Crippen LogP) is 2.74. The van der Waals surface area contributed by atoms with E-state index in [2.05, 4.69) is 25.4 Å². The number of aryl methyl sites for hydroxylation is 2. The summed E-state index contributed by atoms with van der Waals surface area (Å²) in [4.78, 5) is 4.70. The average molecular weight is 376 g/mol. The number of hydrogen-bond acceptors (Lipinski definition) is 3. The van der Waals surface area contributed by atoms with Crippen molar-refractivity contribution in [1.82, 2.24) is 25.4 Å². The maximum Gasteiger partial charge on any atom is 0.191 e. The molecule has 27 heavy (non-hydrogen) atoms. The molecule has 1 aromatic carbocycles. The van der Waals surface area contributed by atoms with Crippen LogP contribution < -0.4 is 10.6 Å². The lowest BCUT2D eigenvalue weighted by Gasteiger charge is -2.23. The van der Waals surface area contributed by atoms with E-state index in [1.54, 1.807) is 6.07 Å². The molecule has 2 atom stereocenters. The zero-order valence-electron chi connectivity index (χ0n) is 16.0. The quantitative estimate of drug-likeness (QED) is 0.622. The van der Waals surface area contributed by atoms with Crippen molar-refractivity contribution in [2.24, 2.45) is 10.9 Å². The first kappa shape index (κ1) is 19.3. The molecule has 2 N–H and O–H groups in total. The smallest absolute Gasteiger partial charge is 0.191 e. The largest absolute Gasteiger partial charge is 0.357 e. The van der Waals surface area contributed by atoms with Crippen molar-refractivity contribution in [3.8, 4) is 0 Å². The SMILES string of the molecule is CCNC(=NCC1CCc2nnc(C)n2C1)NC(C)c1ccc(F)c(F)c1. The van der Waals surface area contributed by atoms with Crippen LogP contribution in [0.5, 0.6) is 0 Å². The molecule has 0 spiro atoms. The number of nitrogens with zero attached hydrogens (tertiary/aromatic N) is 4. The van der Waals surface area contributed by atoms with Gasteiger partial charge < -0.3 is 15.2 Å². The molecule has 0 saturated heterocycles. The average Bonchev–Trinajstić information content (AvgIpc) is 3.02. The summed E-state index contributed by atoms with van der Waals surface area (Å²) in [6.07, 6.45) is 1.94. The Morgan fingerprint density at radius 3 is 2.89 bits per heavy atom. The second-order valence-corrected chi connectivity index (χ2v) is 6.94. The summed E-state index contributed by atoms with van der Waals surface area (Å²) >= 11 is 0. The van der Waals surface area contributed by atoms with Gasteiger partial charge in [0.1, 0.15) is 11.6 Å². The summed E-state index contributed by atoms with van der Waals surface area (Å²) in [6.45, 7) is 8.12. The highest BCUT2D eigenvalue weighted by atomic mass is 19.2. The van der Waals surface area contributed by atoms with Crippen molar-refractivity contribution in [2.75, 3.05) is 13.1 Å². The molecule has 1 aliphatic rings. The van der Waals surface area contributed by atoms with Gasteiger partial charge in [-0.15, -0.1) is 10.2 Å². The van der Waals surface area contributed by atoms with Crippen LogP contribution in [-0.4, -0.2) is 33.8 Å². The predicted molar refractivity (Wildman–Crippen MR) is 100 cm³/mol. The van der Waals surface area contributed by atoms with Crippen LogP contribution in [0.3, 0.4) is 0 Å². The molecule has 1 aliphatic heterocycles. The van der Waals surface area contributed by atoms with Crippen molar-refractivity contribution in [2.45, 2.75) is 46.2 Å². The lowest BCUT2D eigenvalue weighted by atomic mass is 9.99. The van der Waals surface area contributed by atoms with Crippen LogP contribution in [0.25, 0.3) is 0 Å². The normalized spacial score (nSPS) is 18.1. The molecule has 2 aromatic rings. The molecular weight excluding hydrogens is 350 g/mol. The van der Waals surface area contributed by atoms with Crippen molar-refractivity contribution in [3.05, 3.63) is 47.0 Å². The minimum Gasteiger partial charge on any atom is -0.357 e. The number of benzene rings is 1. The fourth-order valence-corrected chi connectivity index (χ4v) is 3.29. The number of aromatic nitrogens is 3. The van der Waals surface area contributed by atoms with Crippen LogP contribution in [0.15, 0.2) is 23.2 Å². The van der Waals surface area contributed by atoms with E-state index in [1.165, 1.54) is 6.07 Å². The topological polar surface area (TPSA) is 67.1 Å². The fourth-order valence-electron chi connectivity index (χ4n) is 3.29. The van der Waals surface area contributed by atoms with Crippen LogP contribution in [0, 0.1) is 24.5 Å². The van der Waals surface area contributed by atoms with Crippen LogP contribution in [0.1, 0.15) is 43.5 Å². The van der Waals surface area contributed by atoms with Crippen molar-refractivity contribution >= 4 is 5.96 Å². The Morgan fingerprint density at radius 1 is 1.33 bits per heavy atom. The zero-order valence-corrected chi connectivity index (χ0v) is 16.0. The first-order chi connectivity index (χ1) is 13.0. The number of hydrogen-bond donors (Lipinski definition) is 2. The van der Waals surface area contributed by atoms with E-state index >= 15 is 0 Å². The van der Waals surface area contributed by atoms with Gasteiger partial charge in [0, 0.05) is 26.1 Å². The van der Waals surface area contributed by atoms with Gasteiger partial charge in [-0.25, -0.2) is 8.78 Å². The molecule has 0 radical (unpaired) electrons. The highest BCUT2D eigenvalue weighted by Gasteiger charge is 2.21. The number of aliphatic imine (C=N–C) groups is 1. The first-order valence-corrected chi connectivity index (χ1v) is 9.36. The van der Waals surface area contributed by atoms with Gasteiger partial charge in [-0.1, -0.05) is 6.07 Å². The molecule has 146 valence electrons. The summed E-state index contributed by atoms with van der Waals surface area (Å²) in [5.41, 5.74) is 0.668. The summed E-state index contributed by atoms with van der Waals surface area (Å²) < 4.78 is 28.8. The second kappa shape index (κ2) is 8.45. The number of halogens is 2. The van der Waals surface area contributed by atoms with E-state index in [0.717, 1.165) is 43.6 Å². The Hall–Kier alpha value is -2.51. The monoisotopic (exact) mass is 376 g/mol. The summed E-state index contributed by atoms with van der Waals surface area (Å²) in [5.74, 6) is 1.39. The Balaban J connectivity index is 1.64. The molecule has 8 heteroatoms. The van der Waals surface area contributed by atoms with Crippen LogP contribution >= 0.6 is 0 Å². The molecule has 0 fully saturated rings. The molecule has 3 rings (SSSR count). The van der Waals surface area contributed by atoms with Gasteiger partial charge in [0.2, 0.25) is 0 Å². The lowest BCUT2D eigenvalue weighted by Crippen LogP contribution is -2.39. The number of guanidine groups is 1. The highest BCUT2D eigenvalue weighted by molar-refractivity contribution is 5.80. The van der Waals surface area contributed by atoms with E-state index in [-0.39, 0.29) is 6.04 Å². The van der Waals surface area contributed by atoms with E-state index in [4.69, 9.17) is 4.99 Å². The van der Waals surface area contributed by atoms with Gasteiger partial charge in [-0.2, -0.15) is 0 Å². The Labute approximate surface area is 158 Å². The van der Waals surface area contributed by atoms with E-state index < -0.39 is 11.6 Å². The summed E-state index contributed by atoms with van der Waals surface area (Å²) in [7, 11) is 0. The molecule has 0 bridgehead atoms. The van der Waals surface area contributed by atoms with Crippen molar-refractivity contribution in [3.63, 3.8) is 0 Å². The van der Waals surface area contributed by atoms with Crippen LogP contribution in [-0.2, 0) is 13.0 Å². The van der Waals surface area contributed by atoms with E-state index in [9.17, 15) is 8.78 Å². The molecule has 1 aromatic heterocycles. The third-order valence-electron chi connectivity index (χ3n) is 4.88. The Kier molecular flexibility index (Phi) is 6.03. The fraction of sp³-hybridized carbons (Fsp3) is 0.526. The van der Waals surface area contributed by atoms with Crippen molar-refractivity contribution < 1.29 is 8.78 Å². The maximum atomic E-state index is 13.5. The van der Waals surface area contributed by atoms with E-state index in [1.807, 2.05) is 20.8 Å². The van der Waals surface area contributed by atoms with E-state index in [0.29, 0.717) is 24.0 Å². The number of fused-ring (bicyclic) bond motifs is 1. The standard InChI is InChI=1S/C19H26F2N6/c1-4-22-19(24-12(2)15-6-7-16(20)17(21)9-15)23-10-14-5-8-18-26-25-13(3)27(18)11-14/h6-7,9,12,14H,4-5,8,10-11H2,1-3H3,(H2,22,23,24).